The molecule has 3 rings (SSSR count). The van der Waals surface area contributed by atoms with Crippen LogP contribution in [0.3, 0.4) is 0 Å². The van der Waals surface area contributed by atoms with E-state index in [4.69, 9.17) is 0 Å². The average Bonchev–Trinajstić information content (AvgIpc) is 3.02. The zero-order valence-corrected chi connectivity index (χ0v) is 12.7. The van der Waals surface area contributed by atoms with Gasteiger partial charge in [-0.3, -0.25) is 4.79 Å². The third-order valence-corrected chi connectivity index (χ3v) is 5.93. The number of fused-ring (bicyclic) bond motifs is 2. The molecule has 0 heterocycles. The summed E-state index contributed by atoms with van der Waals surface area (Å²) in [5, 5.41) is 15.5. The summed E-state index contributed by atoms with van der Waals surface area (Å²) in [5.41, 5.74) is 0. The van der Waals surface area contributed by atoms with Crippen molar-refractivity contribution in [1.82, 2.24) is 10.6 Å². The largest absolute Gasteiger partial charge is 0.481 e. The average molecular weight is 294 g/mol. The molecule has 0 saturated heterocycles. The SMILES string of the molecule is CC1CCCCC1NC(=O)NC1C2CCC(C2)C1C(=O)O. The Morgan fingerprint density at radius 3 is 2.43 bits per heavy atom. The number of urea groups is 1. The number of hydrogen-bond acceptors (Lipinski definition) is 2. The van der Waals surface area contributed by atoms with Crippen LogP contribution >= 0.6 is 0 Å². The van der Waals surface area contributed by atoms with Crippen molar-refractivity contribution in [3.63, 3.8) is 0 Å². The Hall–Kier alpha value is -1.26. The molecule has 3 aliphatic carbocycles. The number of amides is 2. The number of carbonyl (C=O) groups is 2. The first-order valence-electron chi connectivity index (χ1n) is 8.36. The lowest BCUT2D eigenvalue weighted by Gasteiger charge is -2.32. The first-order valence-corrected chi connectivity index (χ1v) is 8.36. The molecule has 3 N–H and O–H groups in total. The quantitative estimate of drug-likeness (QED) is 0.747. The van der Waals surface area contributed by atoms with Gasteiger partial charge < -0.3 is 15.7 Å². The van der Waals surface area contributed by atoms with E-state index in [1.807, 2.05) is 0 Å². The van der Waals surface area contributed by atoms with Crippen LogP contribution in [0.4, 0.5) is 4.79 Å². The highest BCUT2D eigenvalue weighted by atomic mass is 16.4. The number of carboxylic acid groups (broad SMARTS) is 1. The topological polar surface area (TPSA) is 78.4 Å². The molecule has 0 aromatic rings. The lowest BCUT2D eigenvalue weighted by atomic mass is 9.84. The van der Waals surface area contributed by atoms with Crippen LogP contribution in [-0.4, -0.2) is 29.2 Å². The van der Waals surface area contributed by atoms with Crippen molar-refractivity contribution in [1.29, 1.82) is 0 Å². The molecule has 3 fully saturated rings. The standard InChI is InChI=1S/C16H26N2O3/c1-9-4-2-3-5-12(9)17-16(21)18-14-11-7-6-10(8-11)13(14)15(19)20/h9-14H,2-8H2,1H3,(H,19,20)(H2,17,18,21). The van der Waals surface area contributed by atoms with Gasteiger partial charge in [-0.2, -0.15) is 0 Å². The predicted molar refractivity (Wildman–Crippen MR) is 78.8 cm³/mol. The Morgan fingerprint density at radius 1 is 1.00 bits per heavy atom. The van der Waals surface area contributed by atoms with Crippen molar-refractivity contribution in [2.75, 3.05) is 0 Å². The third-order valence-electron chi connectivity index (χ3n) is 5.93. The van der Waals surface area contributed by atoms with Gasteiger partial charge in [-0.1, -0.05) is 19.8 Å². The molecule has 0 aromatic carbocycles. The van der Waals surface area contributed by atoms with Crippen molar-refractivity contribution in [2.45, 2.75) is 64.0 Å². The summed E-state index contributed by atoms with van der Waals surface area (Å²) >= 11 is 0. The van der Waals surface area contributed by atoms with Gasteiger partial charge in [-0.25, -0.2) is 4.79 Å². The lowest BCUT2D eigenvalue weighted by molar-refractivity contribution is -0.144. The van der Waals surface area contributed by atoms with Crippen LogP contribution in [0.15, 0.2) is 0 Å². The van der Waals surface area contributed by atoms with Crippen LogP contribution in [0.2, 0.25) is 0 Å². The Labute approximate surface area is 125 Å². The minimum absolute atomic E-state index is 0.169. The molecule has 6 unspecified atom stereocenters. The van der Waals surface area contributed by atoms with Crippen LogP contribution < -0.4 is 10.6 Å². The summed E-state index contributed by atoms with van der Waals surface area (Å²) in [6, 6.07) is -0.113. The van der Waals surface area contributed by atoms with Gasteiger partial charge in [0.1, 0.15) is 0 Å². The lowest BCUT2D eigenvalue weighted by Crippen LogP contribution is -2.53. The first-order chi connectivity index (χ1) is 10.1. The Balaban J connectivity index is 1.58. The second kappa shape index (κ2) is 5.85. The maximum Gasteiger partial charge on any atom is 0.315 e. The van der Waals surface area contributed by atoms with Crippen LogP contribution in [0.5, 0.6) is 0 Å². The molecule has 3 saturated carbocycles. The van der Waals surface area contributed by atoms with E-state index in [0.717, 1.165) is 32.1 Å². The molecule has 0 spiro atoms. The van der Waals surface area contributed by atoms with Gasteiger partial charge in [0, 0.05) is 12.1 Å². The number of carboxylic acids is 1. The van der Waals surface area contributed by atoms with E-state index >= 15 is 0 Å². The summed E-state index contributed by atoms with van der Waals surface area (Å²) in [4.78, 5) is 23.7. The molecule has 21 heavy (non-hydrogen) atoms. The molecule has 6 atom stereocenters. The summed E-state index contributed by atoms with van der Waals surface area (Å²) < 4.78 is 0. The monoisotopic (exact) mass is 294 g/mol. The van der Waals surface area contributed by atoms with Gasteiger partial charge in [0.25, 0.3) is 0 Å². The van der Waals surface area contributed by atoms with Crippen LogP contribution in [-0.2, 0) is 4.79 Å². The van der Waals surface area contributed by atoms with Crippen molar-refractivity contribution in [3.05, 3.63) is 0 Å². The fraction of sp³-hybridized carbons (Fsp3) is 0.875. The normalized spacial score (nSPS) is 41.8. The van der Waals surface area contributed by atoms with Crippen molar-refractivity contribution in [3.8, 4) is 0 Å². The molecule has 3 aliphatic rings. The fourth-order valence-electron chi connectivity index (χ4n) is 4.75. The molecule has 2 bridgehead atoms. The highest BCUT2D eigenvalue weighted by Gasteiger charge is 2.51. The number of rotatable bonds is 3. The molecule has 0 radical (unpaired) electrons. The predicted octanol–water partition coefficient (Wildman–Crippen LogP) is 2.36. The van der Waals surface area contributed by atoms with E-state index < -0.39 is 11.9 Å². The van der Waals surface area contributed by atoms with Crippen molar-refractivity contribution < 1.29 is 14.7 Å². The van der Waals surface area contributed by atoms with Gasteiger partial charge in [0.05, 0.1) is 5.92 Å². The maximum atomic E-state index is 12.2. The van der Waals surface area contributed by atoms with E-state index in [1.165, 1.54) is 12.8 Å². The van der Waals surface area contributed by atoms with E-state index in [-0.39, 0.29) is 24.0 Å². The minimum Gasteiger partial charge on any atom is -0.481 e. The van der Waals surface area contributed by atoms with E-state index in [9.17, 15) is 14.7 Å². The molecule has 5 nitrogen and oxygen atoms in total. The summed E-state index contributed by atoms with van der Waals surface area (Å²) in [5.74, 6) is -0.0198. The molecule has 118 valence electrons. The molecule has 2 amide bonds. The second-order valence-electron chi connectivity index (χ2n) is 7.21. The number of nitrogens with one attached hydrogen (secondary N) is 2. The zero-order chi connectivity index (χ0) is 15.0. The Morgan fingerprint density at radius 2 is 1.71 bits per heavy atom. The highest BCUT2D eigenvalue weighted by molar-refractivity contribution is 5.77. The van der Waals surface area contributed by atoms with Crippen LogP contribution in [0.1, 0.15) is 51.9 Å². The van der Waals surface area contributed by atoms with E-state index in [1.54, 1.807) is 0 Å². The molecule has 5 heteroatoms. The summed E-state index contributed by atoms with van der Waals surface area (Å²) in [7, 11) is 0. The summed E-state index contributed by atoms with van der Waals surface area (Å²) in [6.07, 6.45) is 7.63. The van der Waals surface area contributed by atoms with Gasteiger partial charge in [-0.15, -0.1) is 0 Å². The number of carbonyl (C=O) groups excluding carboxylic acids is 1. The zero-order valence-electron chi connectivity index (χ0n) is 12.7. The maximum absolute atomic E-state index is 12.2. The highest BCUT2D eigenvalue weighted by Crippen LogP contribution is 2.48. The second-order valence-corrected chi connectivity index (χ2v) is 7.21. The smallest absolute Gasteiger partial charge is 0.315 e. The van der Waals surface area contributed by atoms with Crippen molar-refractivity contribution >= 4 is 12.0 Å². The van der Waals surface area contributed by atoms with E-state index in [2.05, 4.69) is 17.6 Å². The van der Waals surface area contributed by atoms with Gasteiger partial charge in [-0.05, 0) is 49.9 Å². The molecule has 0 aromatic heterocycles. The first kappa shape index (κ1) is 14.7. The van der Waals surface area contributed by atoms with Crippen LogP contribution in [0.25, 0.3) is 0 Å². The molecular formula is C16H26N2O3. The number of aliphatic carboxylic acids is 1. The third kappa shape index (κ3) is 2.87. The fourth-order valence-corrected chi connectivity index (χ4v) is 4.75. The minimum atomic E-state index is -0.751. The molecule has 0 aliphatic heterocycles. The van der Waals surface area contributed by atoms with Gasteiger partial charge in [0.15, 0.2) is 0 Å². The Kier molecular flexibility index (Phi) is 4.09. The van der Waals surface area contributed by atoms with Crippen LogP contribution in [0, 0.1) is 23.7 Å². The number of hydrogen-bond donors (Lipinski definition) is 3. The van der Waals surface area contributed by atoms with Crippen molar-refractivity contribution in [2.24, 2.45) is 23.7 Å². The summed E-state index contributed by atoms with van der Waals surface area (Å²) in [6.45, 7) is 2.18. The van der Waals surface area contributed by atoms with E-state index in [0.29, 0.717) is 11.8 Å². The Bertz CT molecular complexity index is 426. The van der Waals surface area contributed by atoms with Gasteiger partial charge in [0.2, 0.25) is 0 Å². The molecular weight excluding hydrogens is 268 g/mol. The van der Waals surface area contributed by atoms with Gasteiger partial charge >= 0.3 is 12.0 Å².